The molecule has 118 valence electrons. The SMILES string of the molecule is CN1C(=O)CN(NC(=O)c2cc(C3CCCCC3)[nH]n2)C1=O. The van der Waals surface area contributed by atoms with Gasteiger partial charge in [-0.05, 0) is 18.9 Å². The lowest BCUT2D eigenvalue weighted by Gasteiger charge is -2.19. The maximum Gasteiger partial charge on any atom is 0.345 e. The Balaban J connectivity index is 1.64. The fraction of sp³-hybridized carbons (Fsp3) is 0.571. The Kier molecular flexibility index (Phi) is 3.82. The van der Waals surface area contributed by atoms with Crippen molar-refractivity contribution in [3.05, 3.63) is 17.5 Å². The number of amides is 4. The zero-order valence-corrected chi connectivity index (χ0v) is 12.5. The van der Waals surface area contributed by atoms with Gasteiger partial charge in [0.05, 0.1) is 0 Å². The number of hydrogen-bond donors (Lipinski definition) is 2. The first-order chi connectivity index (χ1) is 10.6. The summed E-state index contributed by atoms with van der Waals surface area (Å²) in [5, 5.41) is 7.94. The van der Waals surface area contributed by atoms with Gasteiger partial charge in [0.25, 0.3) is 11.8 Å². The molecule has 0 radical (unpaired) electrons. The van der Waals surface area contributed by atoms with Crippen molar-refractivity contribution >= 4 is 17.8 Å². The summed E-state index contributed by atoms with van der Waals surface area (Å²) in [4.78, 5) is 36.2. The molecule has 1 aliphatic heterocycles. The van der Waals surface area contributed by atoms with Gasteiger partial charge in [-0.25, -0.2) is 9.80 Å². The van der Waals surface area contributed by atoms with E-state index in [1.807, 2.05) is 0 Å². The number of urea groups is 1. The van der Waals surface area contributed by atoms with Crippen molar-refractivity contribution in [3.63, 3.8) is 0 Å². The van der Waals surface area contributed by atoms with Crippen LogP contribution in [0.4, 0.5) is 4.79 Å². The summed E-state index contributed by atoms with van der Waals surface area (Å²) in [6, 6.07) is 1.19. The van der Waals surface area contributed by atoms with Crippen molar-refractivity contribution in [1.29, 1.82) is 0 Å². The van der Waals surface area contributed by atoms with Gasteiger partial charge in [0.1, 0.15) is 6.54 Å². The number of imide groups is 1. The zero-order chi connectivity index (χ0) is 15.7. The summed E-state index contributed by atoms with van der Waals surface area (Å²) in [5.41, 5.74) is 3.62. The molecule has 22 heavy (non-hydrogen) atoms. The predicted octanol–water partition coefficient (Wildman–Crippen LogP) is 0.996. The van der Waals surface area contributed by atoms with Gasteiger partial charge in [0.2, 0.25) is 0 Å². The lowest BCUT2D eigenvalue weighted by atomic mass is 9.87. The highest BCUT2D eigenvalue weighted by molar-refractivity contribution is 6.03. The number of carbonyl (C=O) groups is 3. The van der Waals surface area contributed by atoms with Gasteiger partial charge in [0.15, 0.2) is 5.69 Å². The van der Waals surface area contributed by atoms with E-state index in [0.29, 0.717) is 5.92 Å². The first-order valence-corrected chi connectivity index (χ1v) is 7.50. The summed E-state index contributed by atoms with van der Waals surface area (Å²) >= 11 is 0. The number of likely N-dealkylation sites (N-methyl/N-ethyl adjacent to an activating group) is 1. The van der Waals surface area contributed by atoms with E-state index < -0.39 is 11.9 Å². The van der Waals surface area contributed by atoms with Crippen LogP contribution in [0, 0.1) is 0 Å². The van der Waals surface area contributed by atoms with Crippen molar-refractivity contribution in [1.82, 2.24) is 25.5 Å². The van der Waals surface area contributed by atoms with Gasteiger partial charge in [-0.15, -0.1) is 0 Å². The van der Waals surface area contributed by atoms with Gasteiger partial charge >= 0.3 is 6.03 Å². The van der Waals surface area contributed by atoms with Crippen LogP contribution in [0.5, 0.6) is 0 Å². The number of aromatic nitrogens is 2. The van der Waals surface area contributed by atoms with Crippen LogP contribution >= 0.6 is 0 Å². The standard InChI is InChI=1S/C14H19N5O3/c1-18-12(20)8-19(14(18)22)17-13(21)11-7-10(15-16-11)9-5-3-2-4-6-9/h7,9H,2-6,8H2,1H3,(H,15,16)(H,17,21). The average molecular weight is 305 g/mol. The summed E-state index contributed by atoms with van der Waals surface area (Å²) in [7, 11) is 1.38. The number of nitrogens with one attached hydrogen (secondary N) is 2. The average Bonchev–Trinajstić information content (AvgIpc) is 3.11. The normalized spacial score (nSPS) is 19.9. The highest BCUT2D eigenvalue weighted by Crippen LogP contribution is 2.31. The van der Waals surface area contributed by atoms with Gasteiger partial charge in [0, 0.05) is 18.7 Å². The minimum absolute atomic E-state index is 0.152. The van der Waals surface area contributed by atoms with Crippen LogP contribution in [-0.4, -0.2) is 51.5 Å². The predicted molar refractivity (Wildman–Crippen MR) is 76.8 cm³/mol. The Morgan fingerprint density at radius 2 is 2.05 bits per heavy atom. The van der Waals surface area contributed by atoms with E-state index in [1.54, 1.807) is 6.07 Å². The molecule has 8 heteroatoms. The summed E-state index contributed by atoms with van der Waals surface area (Å²) in [6.45, 7) is -0.152. The van der Waals surface area contributed by atoms with Crippen LogP contribution in [0.25, 0.3) is 0 Å². The lowest BCUT2D eigenvalue weighted by Crippen LogP contribution is -2.44. The lowest BCUT2D eigenvalue weighted by molar-refractivity contribution is -0.124. The minimum Gasteiger partial charge on any atom is -0.281 e. The molecule has 2 heterocycles. The van der Waals surface area contributed by atoms with E-state index in [9.17, 15) is 14.4 Å². The van der Waals surface area contributed by atoms with Gasteiger partial charge in [-0.3, -0.25) is 25.0 Å². The third kappa shape index (κ3) is 2.68. The Labute approximate surface area is 127 Å². The van der Waals surface area contributed by atoms with Crippen molar-refractivity contribution in [2.24, 2.45) is 0 Å². The maximum absolute atomic E-state index is 12.1. The molecule has 1 aromatic heterocycles. The number of nitrogens with zero attached hydrogens (tertiary/aromatic N) is 3. The third-order valence-electron chi connectivity index (χ3n) is 4.30. The van der Waals surface area contributed by atoms with Crippen LogP contribution in [0.3, 0.4) is 0 Å². The Morgan fingerprint density at radius 3 is 2.68 bits per heavy atom. The molecule has 3 rings (SSSR count). The second-order valence-corrected chi connectivity index (χ2v) is 5.81. The van der Waals surface area contributed by atoms with Crippen molar-refractivity contribution in [2.75, 3.05) is 13.6 Å². The Morgan fingerprint density at radius 1 is 1.32 bits per heavy atom. The fourth-order valence-corrected chi connectivity index (χ4v) is 2.94. The highest BCUT2D eigenvalue weighted by atomic mass is 16.2. The number of hydrazine groups is 1. The fourth-order valence-electron chi connectivity index (χ4n) is 2.94. The molecule has 8 nitrogen and oxygen atoms in total. The number of aromatic amines is 1. The van der Waals surface area contributed by atoms with Gasteiger partial charge in [-0.1, -0.05) is 19.3 Å². The van der Waals surface area contributed by atoms with E-state index >= 15 is 0 Å². The van der Waals surface area contributed by atoms with Crippen LogP contribution in [0.1, 0.15) is 54.2 Å². The van der Waals surface area contributed by atoms with Gasteiger partial charge in [-0.2, -0.15) is 5.10 Å². The minimum atomic E-state index is -0.540. The monoisotopic (exact) mass is 305 g/mol. The summed E-state index contributed by atoms with van der Waals surface area (Å²) in [5.74, 6) is -0.422. The number of rotatable bonds is 3. The number of H-pyrrole nitrogens is 1. The van der Waals surface area contributed by atoms with Gasteiger partial charge < -0.3 is 0 Å². The molecule has 2 N–H and O–H groups in total. The first kappa shape index (κ1) is 14.6. The molecule has 1 saturated carbocycles. The molecule has 2 aliphatic rings. The van der Waals surface area contributed by atoms with E-state index in [-0.39, 0.29) is 18.1 Å². The molecule has 0 atom stereocenters. The second kappa shape index (κ2) is 5.78. The molecule has 0 spiro atoms. The number of hydrogen-bond acceptors (Lipinski definition) is 4. The molecule has 1 saturated heterocycles. The third-order valence-corrected chi connectivity index (χ3v) is 4.30. The van der Waals surface area contributed by atoms with E-state index in [2.05, 4.69) is 15.6 Å². The second-order valence-electron chi connectivity index (χ2n) is 5.81. The summed E-state index contributed by atoms with van der Waals surface area (Å²) in [6.07, 6.45) is 5.86. The number of carbonyl (C=O) groups excluding carboxylic acids is 3. The quantitative estimate of drug-likeness (QED) is 0.814. The van der Waals surface area contributed by atoms with E-state index in [0.717, 1.165) is 28.4 Å². The molecular weight excluding hydrogens is 286 g/mol. The van der Waals surface area contributed by atoms with Crippen molar-refractivity contribution in [3.8, 4) is 0 Å². The molecule has 0 bridgehead atoms. The molecule has 4 amide bonds. The van der Waals surface area contributed by atoms with Crippen LogP contribution < -0.4 is 5.43 Å². The maximum atomic E-state index is 12.1. The largest absolute Gasteiger partial charge is 0.345 e. The first-order valence-electron chi connectivity index (χ1n) is 7.50. The molecule has 0 aromatic carbocycles. The van der Waals surface area contributed by atoms with E-state index in [1.165, 1.54) is 26.3 Å². The molecule has 2 fully saturated rings. The van der Waals surface area contributed by atoms with Crippen molar-refractivity contribution in [2.45, 2.75) is 38.0 Å². The van der Waals surface area contributed by atoms with Crippen LogP contribution in [0.15, 0.2) is 6.07 Å². The van der Waals surface area contributed by atoms with Crippen LogP contribution in [0.2, 0.25) is 0 Å². The molecule has 1 aromatic rings. The summed E-state index contributed by atoms with van der Waals surface area (Å²) < 4.78 is 0. The smallest absolute Gasteiger partial charge is 0.281 e. The zero-order valence-electron chi connectivity index (χ0n) is 12.5. The van der Waals surface area contributed by atoms with E-state index in [4.69, 9.17) is 0 Å². The molecule has 1 aliphatic carbocycles. The van der Waals surface area contributed by atoms with Crippen molar-refractivity contribution < 1.29 is 14.4 Å². The Bertz CT molecular complexity index is 605. The Hall–Kier alpha value is -2.38. The topological polar surface area (TPSA) is 98.4 Å². The highest BCUT2D eigenvalue weighted by Gasteiger charge is 2.34. The molecular formula is C14H19N5O3. The molecule has 0 unspecified atom stereocenters. The van der Waals surface area contributed by atoms with Crippen LogP contribution in [-0.2, 0) is 4.79 Å².